The molecule has 2 unspecified atom stereocenters. The minimum absolute atomic E-state index is 0.0558. The van der Waals surface area contributed by atoms with Crippen LogP contribution in [0.3, 0.4) is 0 Å². The van der Waals surface area contributed by atoms with Crippen molar-refractivity contribution in [1.29, 1.82) is 0 Å². The van der Waals surface area contributed by atoms with Crippen molar-refractivity contribution < 1.29 is 4.74 Å². The fourth-order valence-electron chi connectivity index (χ4n) is 1.02. The Morgan fingerprint density at radius 3 is 1.38 bits per heavy atom. The molecule has 13 heavy (non-hydrogen) atoms. The number of hydrogen-bond acceptors (Lipinski definition) is 1. The van der Waals surface area contributed by atoms with Gasteiger partial charge in [0.15, 0.2) is 0 Å². The monoisotopic (exact) mass is 298 g/mol. The molecule has 0 aromatic heterocycles. The summed E-state index contributed by atoms with van der Waals surface area (Å²) in [6, 6.07) is 0. The highest BCUT2D eigenvalue weighted by atomic mass is 35.5. The zero-order valence-electron chi connectivity index (χ0n) is 5.68. The molecular weight excluding hydrogens is 301 g/mol. The summed E-state index contributed by atoms with van der Waals surface area (Å²) in [6.07, 6.45) is 0. The standard InChI is InChI=1S/C6Cl6O/c7-1-2(8)4(10)6(12)5(11,13-6)3(1)9. The Morgan fingerprint density at radius 1 is 0.769 bits per heavy atom. The van der Waals surface area contributed by atoms with E-state index < -0.39 is 10.1 Å². The van der Waals surface area contributed by atoms with Gasteiger partial charge in [0, 0.05) is 0 Å². The van der Waals surface area contributed by atoms with Gasteiger partial charge in [-0.05, 0) is 0 Å². The molecule has 1 nitrogen and oxygen atoms in total. The highest BCUT2D eigenvalue weighted by molar-refractivity contribution is 6.58. The van der Waals surface area contributed by atoms with Crippen LogP contribution in [-0.4, -0.2) is 10.1 Å². The number of halogens is 6. The van der Waals surface area contributed by atoms with Gasteiger partial charge in [-0.1, -0.05) is 69.6 Å². The Balaban J connectivity index is 2.63. The van der Waals surface area contributed by atoms with Crippen molar-refractivity contribution in [2.75, 3.05) is 0 Å². The van der Waals surface area contributed by atoms with Crippen molar-refractivity contribution in [3.05, 3.63) is 20.1 Å². The van der Waals surface area contributed by atoms with Crippen LogP contribution in [0.15, 0.2) is 20.1 Å². The molecule has 0 radical (unpaired) electrons. The molecule has 1 heterocycles. The average molecular weight is 301 g/mol. The Kier molecular flexibility index (Phi) is 2.35. The number of hydrogen-bond donors (Lipinski definition) is 0. The van der Waals surface area contributed by atoms with Crippen LogP contribution in [0.25, 0.3) is 0 Å². The lowest BCUT2D eigenvalue weighted by Crippen LogP contribution is -2.21. The summed E-state index contributed by atoms with van der Waals surface area (Å²) in [6.45, 7) is 0. The minimum Gasteiger partial charge on any atom is -0.318 e. The maximum atomic E-state index is 5.89. The summed E-state index contributed by atoms with van der Waals surface area (Å²) in [7, 11) is 0. The molecule has 0 amide bonds. The number of allylic oxidation sites excluding steroid dienone is 2. The molecule has 1 aliphatic heterocycles. The van der Waals surface area contributed by atoms with Crippen LogP contribution < -0.4 is 0 Å². The number of ether oxygens (including phenoxy) is 1. The molecule has 2 aliphatic rings. The van der Waals surface area contributed by atoms with Crippen molar-refractivity contribution >= 4 is 69.6 Å². The molecule has 0 aromatic carbocycles. The molecule has 1 saturated heterocycles. The number of rotatable bonds is 0. The van der Waals surface area contributed by atoms with Crippen molar-refractivity contribution in [3.8, 4) is 0 Å². The van der Waals surface area contributed by atoms with Gasteiger partial charge in [0.25, 0.3) is 0 Å². The number of fused-ring (bicyclic) bond motifs is 1. The molecule has 7 heteroatoms. The summed E-state index contributed by atoms with van der Waals surface area (Å²) in [5.41, 5.74) is 0. The maximum absolute atomic E-state index is 5.89. The van der Waals surface area contributed by atoms with Crippen LogP contribution in [0, 0.1) is 0 Å². The third kappa shape index (κ3) is 1.13. The molecule has 72 valence electrons. The zero-order chi connectivity index (χ0) is 10.0. The van der Waals surface area contributed by atoms with E-state index in [1.807, 2.05) is 0 Å². The highest BCUT2D eigenvalue weighted by Crippen LogP contribution is 2.69. The van der Waals surface area contributed by atoms with Crippen molar-refractivity contribution in [2.24, 2.45) is 0 Å². The second-order valence-electron chi connectivity index (χ2n) is 2.55. The van der Waals surface area contributed by atoms with Gasteiger partial charge in [-0.25, -0.2) is 0 Å². The van der Waals surface area contributed by atoms with Crippen LogP contribution in [-0.2, 0) is 4.74 Å². The van der Waals surface area contributed by atoms with Gasteiger partial charge in [-0.3, -0.25) is 0 Å². The molecule has 0 aromatic rings. The first-order valence-corrected chi connectivity index (χ1v) is 5.31. The maximum Gasteiger partial charge on any atom is 0.230 e. The Morgan fingerprint density at radius 2 is 1.08 bits per heavy atom. The van der Waals surface area contributed by atoms with Crippen LogP contribution in [0.4, 0.5) is 0 Å². The largest absolute Gasteiger partial charge is 0.318 e. The second kappa shape index (κ2) is 2.85. The molecule has 0 spiro atoms. The molecule has 1 fully saturated rings. The van der Waals surface area contributed by atoms with E-state index in [9.17, 15) is 0 Å². The third-order valence-electron chi connectivity index (χ3n) is 1.80. The van der Waals surface area contributed by atoms with Crippen molar-refractivity contribution in [1.82, 2.24) is 0 Å². The van der Waals surface area contributed by atoms with Crippen molar-refractivity contribution in [2.45, 2.75) is 10.1 Å². The fourth-order valence-corrected chi connectivity index (χ4v) is 2.94. The van der Waals surface area contributed by atoms with E-state index in [1.165, 1.54) is 0 Å². The smallest absolute Gasteiger partial charge is 0.230 e. The van der Waals surface area contributed by atoms with E-state index in [-0.39, 0.29) is 20.1 Å². The lowest BCUT2D eigenvalue weighted by Gasteiger charge is -2.16. The summed E-state index contributed by atoms with van der Waals surface area (Å²) < 4.78 is 5.00. The topological polar surface area (TPSA) is 12.5 Å². The molecule has 0 bridgehead atoms. The predicted molar refractivity (Wildman–Crippen MR) is 55.7 cm³/mol. The predicted octanol–water partition coefficient (Wildman–Crippen LogP) is 4.28. The van der Waals surface area contributed by atoms with Crippen LogP contribution in [0.5, 0.6) is 0 Å². The van der Waals surface area contributed by atoms with Crippen LogP contribution in [0.1, 0.15) is 0 Å². The van der Waals surface area contributed by atoms with E-state index in [0.717, 1.165) is 0 Å². The Bertz CT molecular complexity index is 326. The summed E-state index contributed by atoms with van der Waals surface area (Å²) in [4.78, 5) is 0. The SMILES string of the molecule is ClC1=C(Cl)C2(Cl)OC2(Cl)C(Cl)=C1Cl. The van der Waals surface area contributed by atoms with E-state index in [2.05, 4.69) is 0 Å². The quantitative estimate of drug-likeness (QED) is 0.480. The summed E-state index contributed by atoms with van der Waals surface area (Å²) in [5, 5.41) is -2.47. The van der Waals surface area contributed by atoms with E-state index >= 15 is 0 Å². The first kappa shape index (κ1) is 10.7. The van der Waals surface area contributed by atoms with Crippen LogP contribution in [0.2, 0.25) is 0 Å². The van der Waals surface area contributed by atoms with E-state index in [0.29, 0.717) is 0 Å². The van der Waals surface area contributed by atoms with Gasteiger partial charge in [0.05, 0.1) is 20.1 Å². The lowest BCUT2D eigenvalue weighted by molar-refractivity contribution is 0.376. The summed E-state index contributed by atoms with van der Waals surface area (Å²) in [5.74, 6) is 0. The molecule has 1 aliphatic carbocycles. The molecular formula is C6Cl6O. The first-order chi connectivity index (χ1) is 5.84. The van der Waals surface area contributed by atoms with Gasteiger partial charge in [0.1, 0.15) is 0 Å². The first-order valence-electron chi connectivity index (χ1n) is 3.04. The molecule has 0 N–H and O–H groups in total. The normalized spacial score (nSPS) is 43.8. The lowest BCUT2D eigenvalue weighted by atomic mass is 10.1. The molecule has 0 saturated carbocycles. The zero-order valence-corrected chi connectivity index (χ0v) is 10.2. The Labute approximate surface area is 104 Å². The van der Waals surface area contributed by atoms with Gasteiger partial charge in [0.2, 0.25) is 10.1 Å². The fraction of sp³-hybridized carbons (Fsp3) is 0.333. The number of epoxide rings is 1. The Hall–Kier alpha value is 1.18. The van der Waals surface area contributed by atoms with Gasteiger partial charge < -0.3 is 4.74 Å². The number of alkyl halides is 2. The molecule has 2 atom stereocenters. The van der Waals surface area contributed by atoms with Crippen molar-refractivity contribution in [3.63, 3.8) is 0 Å². The van der Waals surface area contributed by atoms with E-state index in [1.54, 1.807) is 0 Å². The minimum atomic E-state index is -1.36. The van der Waals surface area contributed by atoms with Gasteiger partial charge in [-0.2, -0.15) is 0 Å². The molecule has 2 rings (SSSR count). The van der Waals surface area contributed by atoms with Crippen LogP contribution >= 0.6 is 69.6 Å². The third-order valence-corrected chi connectivity index (χ3v) is 5.11. The highest BCUT2D eigenvalue weighted by Gasteiger charge is 2.76. The second-order valence-corrected chi connectivity index (χ2v) is 5.12. The van der Waals surface area contributed by atoms with Gasteiger partial charge in [-0.15, -0.1) is 0 Å². The van der Waals surface area contributed by atoms with Gasteiger partial charge >= 0.3 is 0 Å². The average Bonchev–Trinajstić information content (AvgIpc) is 2.66. The van der Waals surface area contributed by atoms with E-state index in [4.69, 9.17) is 74.3 Å². The summed E-state index contributed by atoms with van der Waals surface area (Å²) >= 11 is 34.8.